The van der Waals surface area contributed by atoms with Crippen LogP contribution in [0, 0.1) is 28.6 Å². The van der Waals surface area contributed by atoms with Crippen molar-refractivity contribution < 1.29 is 28.8 Å². The number of nitrogens with zero attached hydrogens (tertiary/aromatic N) is 2. The van der Waals surface area contributed by atoms with Gasteiger partial charge in [0.25, 0.3) is 5.91 Å². The molecular formula is C37H56N6O6. The summed E-state index contributed by atoms with van der Waals surface area (Å²) in [5.41, 5.74) is 6.09. The number of nitrogens with two attached hydrogens (primary N) is 1. The van der Waals surface area contributed by atoms with Gasteiger partial charge in [-0.2, -0.15) is 0 Å². The highest BCUT2D eigenvalue weighted by Crippen LogP contribution is 2.35. The van der Waals surface area contributed by atoms with Crippen LogP contribution in [0.25, 0.3) is 0 Å². The van der Waals surface area contributed by atoms with Gasteiger partial charge in [-0.1, -0.05) is 98.9 Å². The first-order valence-corrected chi connectivity index (χ1v) is 17.7. The number of benzene rings is 1. The Morgan fingerprint density at radius 3 is 1.80 bits per heavy atom. The van der Waals surface area contributed by atoms with Crippen molar-refractivity contribution in [3.63, 3.8) is 0 Å². The van der Waals surface area contributed by atoms with Gasteiger partial charge in [0, 0.05) is 19.6 Å². The SMILES string of the molecule is CC(C)[C@H]1CCN(C(=O)[C@@H](NC(=O)N[C@H](C(=O)N2Cc3ccccc3C2)C(C)(C)C)C(C)(C)C)[C@@H]1C(=O)NC(CC1CCC1)C(=O)C(N)=O. The van der Waals surface area contributed by atoms with E-state index in [2.05, 4.69) is 16.0 Å². The molecule has 2 fully saturated rings. The quantitative estimate of drug-likeness (QED) is 0.262. The molecule has 1 aromatic carbocycles. The summed E-state index contributed by atoms with van der Waals surface area (Å²) < 4.78 is 0. The van der Waals surface area contributed by atoms with E-state index in [0.29, 0.717) is 25.9 Å². The fourth-order valence-corrected chi connectivity index (χ4v) is 7.26. The molecule has 0 bridgehead atoms. The number of amides is 6. The minimum Gasteiger partial charge on any atom is -0.363 e. The molecule has 3 aliphatic rings. The highest BCUT2D eigenvalue weighted by molar-refractivity contribution is 6.37. The minimum absolute atomic E-state index is 0.0325. The molecule has 0 radical (unpaired) electrons. The Hall–Kier alpha value is -3.96. The Balaban J connectivity index is 1.53. The summed E-state index contributed by atoms with van der Waals surface area (Å²) in [5, 5.41) is 8.52. The maximum absolute atomic E-state index is 14.4. The van der Waals surface area contributed by atoms with Crippen molar-refractivity contribution >= 4 is 35.4 Å². The van der Waals surface area contributed by atoms with Gasteiger partial charge in [0.05, 0.1) is 6.04 Å². The highest BCUT2D eigenvalue weighted by Gasteiger charge is 2.48. The van der Waals surface area contributed by atoms with E-state index < -0.39 is 64.5 Å². The van der Waals surface area contributed by atoms with Crippen LogP contribution in [0.5, 0.6) is 0 Å². The van der Waals surface area contributed by atoms with Crippen molar-refractivity contribution in [3.8, 4) is 0 Å². The molecule has 0 aromatic heterocycles. The van der Waals surface area contributed by atoms with Crippen LogP contribution in [0.2, 0.25) is 0 Å². The second kappa shape index (κ2) is 14.9. The second-order valence-electron chi connectivity index (χ2n) is 16.7. The maximum Gasteiger partial charge on any atom is 0.316 e. The van der Waals surface area contributed by atoms with Gasteiger partial charge in [-0.15, -0.1) is 0 Å². The lowest BCUT2D eigenvalue weighted by Crippen LogP contribution is -2.63. The third-order valence-corrected chi connectivity index (χ3v) is 10.5. The van der Waals surface area contributed by atoms with Crippen molar-refractivity contribution in [1.82, 2.24) is 25.8 Å². The van der Waals surface area contributed by atoms with Crippen LogP contribution in [-0.2, 0) is 37.1 Å². The Morgan fingerprint density at radius 1 is 0.816 bits per heavy atom. The number of hydrogen-bond acceptors (Lipinski definition) is 6. The fraction of sp³-hybridized carbons (Fsp3) is 0.676. The van der Waals surface area contributed by atoms with Gasteiger partial charge < -0.3 is 31.5 Å². The number of carbonyl (C=O) groups is 6. The molecule has 4 rings (SSSR count). The van der Waals surface area contributed by atoms with Gasteiger partial charge in [0.15, 0.2) is 0 Å². The van der Waals surface area contributed by atoms with Gasteiger partial charge in [0.2, 0.25) is 23.5 Å². The van der Waals surface area contributed by atoms with Crippen LogP contribution in [-0.4, -0.2) is 76.0 Å². The number of primary amides is 1. The molecular weight excluding hydrogens is 624 g/mol. The largest absolute Gasteiger partial charge is 0.363 e. The first-order chi connectivity index (χ1) is 22.8. The van der Waals surface area contributed by atoms with Crippen LogP contribution in [0.4, 0.5) is 4.79 Å². The lowest BCUT2D eigenvalue weighted by atomic mass is 9.80. The third-order valence-electron chi connectivity index (χ3n) is 10.5. The first-order valence-electron chi connectivity index (χ1n) is 17.7. The normalized spacial score (nSPS) is 21.3. The molecule has 49 heavy (non-hydrogen) atoms. The average Bonchev–Trinajstić information content (AvgIpc) is 3.63. The number of hydrogen-bond donors (Lipinski definition) is 4. The Morgan fingerprint density at radius 2 is 1.35 bits per heavy atom. The molecule has 270 valence electrons. The van der Waals surface area contributed by atoms with E-state index >= 15 is 0 Å². The monoisotopic (exact) mass is 680 g/mol. The molecule has 0 spiro atoms. The molecule has 1 saturated carbocycles. The molecule has 2 heterocycles. The van der Waals surface area contributed by atoms with Crippen LogP contribution in [0.3, 0.4) is 0 Å². The van der Waals surface area contributed by atoms with Crippen molar-refractivity contribution in [2.45, 2.75) is 125 Å². The zero-order valence-corrected chi connectivity index (χ0v) is 30.4. The van der Waals surface area contributed by atoms with Crippen molar-refractivity contribution in [2.75, 3.05) is 6.54 Å². The predicted octanol–water partition coefficient (Wildman–Crippen LogP) is 3.26. The highest BCUT2D eigenvalue weighted by atomic mass is 16.2. The van der Waals surface area contributed by atoms with Gasteiger partial charge >= 0.3 is 6.03 Å². The number of carbonyl (C=O) groups excluding carboxylic acids is 6. The number of likely N-dealkylation sites (tertiary alicyclic amines) is 1. The summed E-state index contributed by atoms with van der Waals surface area (Å²) in [4.78, 5) is 83.8. The summed E-state index contributed by atoms with van der Waals surface area (Å²) in [6, 6.07) is 3.33. The lowest BCUT2D eigenvalue weighted by Gasteiger charge is -2.38. The molecule has 1 aromatic rings. The topological polar surface area (TPSA) is 171 Å². The summed E-state index contributed by atoms with van der Waals surface area (Å²) in [6.45, 7) is 16.3. The molecule has 12 heteroatoms. The number of Topliss-reactive ketones (excluding diaryl/α,β-unsaturated/α-hetero) is 1. The van der Waals surface area contributed by atoms with E-state index in [4.69, 9.17) is 5.73 Å². The average molecular weight is 681 g/mol. The number of urea groups is 1. The standard InChI is InChI=1S/C37H56N6O6/c1-21(2)25-16-17-43(27(25)32(46)39-26(28(44)31(38)45)18-22-12-11-13-22)34(48)30(37(6,7)8)41-35(49)40-29(36(3,4)5)33(47)42-19-23-14-9-10-15-24(23)20-42/h9-10,14-15,21-22,25-27,29-30H,11-13,16-20H2,1-8H3,(H2,38,45)(H,39,46)(H2,40,41,49)/t25-,26?,27+,29-,30-/m1/s1. The molecule has 12 nitrogen and oxygen atoms in total. The van der Waals surface area contributed by atoms with Crippen LogP contribution in [0.1, 0.15) is 98.6 Å². The van der Waals surface area contributed by atoms with Gasteiger partial charge in [-0.05, 0) is 52.6 Å². The number of nitrogens with one attached hydrogen (secondary N) is 3. The van der Waals surface area contributed by atoms with E-state index in [1.807, 2.05) is 79.7 Å². The summed E-state index contributed by atoms with van der Waals surface area (Å²) >= 11 is 0. The van der Waals surface area contributed by atoms with Crippen LogP contribution >= 0.6 is 0 Å². The molecule has 5 N–H and O–H groups in total. The Bertz CT molecular complexity index is 1420. The van der Waals surface area contributed by atoms with E-state index in [-0.39, 0.29) is 30.2 Å². The van der Waals surface area contributed by atoms with Gasteiger partial charge in [-0.25, -0.2) is 4.79 Å². The number of ketones is 1. The van der Waals surface area contributed by atoms with E-state index in [1.54, 1.807) is 4.90 Å². The van der Waals surface area contributed by atoms with Gasteiger partial charge in [-0.3, -0.25) is 24.0 Å². The van der Waals surface area contributed by atoms with Crippen LogP contribution < -0.4 is 21.7 Å². The van der Waals surface area contributed by atoms with E-state index in [0.717, 1.165) is 30.4 Å². The Labute approximate surface area is 290 Å². The van der Waals surface area contributed by atoms with E-state index in [9.17, 15) is 28.8 Å². The Kier molecular flexibility index (Phi) is 11.5. The van der Waals surface area contributed by atoms with Crippen molar-refractivity contribution in [1.29, 1.82) is 0 Å². The van der Waals surface area contributed by atoms with Gasteiger partial charge in [0.1, 0.15) is 18.1 Å². The molecule has 1 unspecified atom stereocenters. The van der Waals surface area contributed by atoms with Crippen molar-refractivity contribution in [2.24, 2.45) is 34.3 Å². The minimum atomic E-state index is -1.10. The summed E-state index contributed by atoms with van der Waals surface area (Å²) in [5.74, 6) is -3.06. The first kappa shape index (κ1) is 37.9. The number of rotatable bonds is 11. The van der Waals surface area contributed by atoms with Crippen molar-refractivity contribution in [3.05, 3.63) is 35.4 Å². The molecule has 6 amide bonds. The van der Waals surface area contributed by atoms with Crippen LogP contribution in [0.15, 0.2) is 24.3 Å². The molecule has 5 atom stereocenters. The second-order valence-corrected chi connectivity index (χ2v) is 16.7. The zero-order valence-electron chi connectivity index (χ0n) is 30.4. The third kappa shape index (κ3) is 8.80. The summed E-state index contributed by atoms with van der Waals surface area (Å²) in [6.07, 6.45) is 3.73. The molecule has 2 aliphatic heterocycles. The summed E-state index contributed by atoms with van der Waals surface area (Å²) in [7, 11) is 0. The predicted molar refractivity (Wildman–Crippen MR) is 185 cm³/mol. The molecule has 1 saturated heterocycles. The van der Waals surface area contributed by atoms with E-state index in [1.165, 1.54) is 4.90 Å². The molecule has 1 aliphatic carbocycles. The number of fused-ring (bicyclic) bond motifs is 1. The fourth-order valence-electron chi connectivity index (χ4n) is 7.26. The lowest BCUT2D eigenvalue weighted by molar-refractivity contribution is -0.144. The zero-order chi connectivity index (χ0) is 36.4. The smallest absolute Gasteiger partial charge is 0.316 e. The maximum atomic E-state index is 14.4.